The highest BCUT2D eigenvalue weighted by atomic mass is 19.4. The van der Waals surface area contributed by atoms with E-state index in [1.807, 2.05) is 53.4 Å². The molecular weight excluding hydrogens is 489 g/mol. The maximum absolute atomic E-state index is 13.6. The van der Waals surface area contributed by atoms with Gasteiger partial charge in [-0.3, -0.25) is 4.90 Å². The summed E-state index contributed by atoms with van der Waals surface area (Å²) in [5.41, 5.74) is 4.39. The van der Waals surface area contributed by atoms with Crippen molar-refractivity contribution in [1.82, 2.24) is 4.90 Å². The fraction of sp³-hybridized carbons (Fsp3) is 0.194. The number of alkyl halides is 3. The van der Waals surface area contributed by atoms with Crippen molar-refractivity contribution in [2.24, 2.45) is 0 Å². The van der Waals surface area contributed by atoms with Crippen molar-refractivity contribution in [3.8, 4) is 0 Å². The number of ether oxygens (including phenoxy) is 1. The third-order valence-electron chi connectivity index (χ3n) is 6.31. The highest BCUT2D eigenvalue weighted by molar-refractivity contribution is 5.92. The number of amides is 2. The van der Waals surface area contributed by atoms with Crippen LogP contribution in [0.25, 0.3) is 11.3 Å². The summed E-state index contributed by atoms with van der Waals surface area (Å²) in [5.74, 6) is -1.22. The first-order valence-corrected chi connectivity index (χ1v) is 12.3. The molecule has 0 saturated heterocycles. The van der Waals surface area contributed by atoms with E-state index in [0.29, 0.717) is 25.2 Å². The number of halogens is 3. The lowest BCUT2D eigenvalue weighted by atomic mass is 10.00. The van der Waals surface area contributed by atoms with Crippen molar-refractivity contribution in [1.29, 1.82) is 0 Å². The topological polar surface area (TPSA) is 32.8 Å². The SMILES string of the molecule is C=C(O/C(=C\C)C(F)(F)F)c1ccc(CN(C(=O)N2CC=C(c3ccccc3)CC2)c2ccccc2)cc1. The Balaban J connectivity index is 1.49. The number of anilines is 1. The van der Waals surface area contributed by atoms with Crippen molar-refractivity contribution in [3.05, 3.63) is 126 Å². The molecule has 3 aromatic rings. The van der Waals surface area contributed by atoms with Crippen molar-refractivity contribution in [2.75, 3.05) is 18.0 Å². The Morgan fingerprint density at radius 2 is 1.63 bits per heavy atom. The van der Waals surface area contributed by atoms with E-state index in [1.54, 1.807) is 29.2 Å². The Kier molecular flexibility index (Phi) is 8.36. The second-order valence-corrected chi connectivity index (χ2v) is 8.87. The van der Waals surface area contributed by atoms with Gasteiger partial charge in [-0.05, 0) is 48.3 Å². The van der Waals surface area contributed by atoms with E-state index >= 15 is 0 Å². The summed E-state index contributed by atoms with van der Waals surface area (Å²) in [7, 11) is 0. The van der Waals surface area contributed by atoms with Crippen molar-refractivity contribution < 1.29 is 22.7 Å². The first kappa shape index (κ1) is 26.8. The minimum atomic E-state index is -4.60. The number of hydrogen-bond acceptors (Lipinski definition) is 2. The Morgan fingerprint density at radius 1 is 1.00 bits per heavy atom. The van der Waals surface area contributed by atoms with E-state index in [9.17, 15) is 18.0 Å². The van der Waals surface area contributed by atoms with Crippen LogP contribution in [0.1, 0.15) is 30.0 Å². The quantitative estimate of drug-likeness (QED) is 0.297. The largest absolute Gasteiger partial charge is 0.453 e. The van der Waals surface area contributed by atoms with Gasteiger partial charge >= 0.3 is 12.2 Å². The molecule has 0 atom stereocenters. The summed E-state index contributed by atoms with van der Waals surface area (Å²) in [6.07, 6.45) is -0.872. The van der Waals surface area contributed by atoms with Gasteiger partial charge in [0, 0.05) is 24.3 Å². The van der Waals surface area contributed by atoms with Crippen LogP contribution in [0.4, 0.5) is 23.7 Å². The van der Waals surface area contributed by atoms with Crippen LogP contribution < -0.4 is 4.90 Å². The molecule has 4 rings (SSSR count). The predicted molar refractivity (Wildman–Crippen MR) is 145 cm³/mol. The Labute approximate surface area is 221 Å². The van der Waals surface area contributed by atoms with Gasteiger partial charge in [-0.1, -0.05) is 85.5 Å². The first-order valence-electron chi connectivity index (χ1n) is 12.3. The first-order chi connectivity index (χ1) is 18.3. The van der Waals surface area contributed by atoms with Crippen LogP contribution in [0.3, 0.4) is 0 Å². The number of carbonyl (C=O) groups is 1. The second kappa shape index (κ2) is 11.9. The summed E-state index contributed by atoms with van der Waals surface area (Å²) in [4.78, 5) is 17.2. The van der Waals surface area contributed by atoms with Crippen LogP contribution in [0.2, 0.25) is 0 Å². The number of para-hydroxylation sites is 1. The number of allylic oxidation sites excluding steroid dienone is 2. The molecule has 38 heavy (non-hydrogen) atoms. The maximum atomic E-state index is 13.6. The molecule has 1 aliphatic rings. The number of hydrogen-bond donors (Lipinski definition) is 0. The molecule has 0 saturated carbocycles. The summed E-state index contributed by atoms with van der Waals surface area (Å²) in [6.45, 7) is 6.31. The van der Waals surface area contributed by atoms with Crippen molar-refractivity contribution in [2.45, 2.75) is 26.1 Å². The lowest BCUT2D eigenvalue weighted by Crippen LogP contribution is -2.44. The zero-order chi connectivity index (χ0) is 27.1. The molecule has 196 valence electrons. The molecule has 0 bridgehead atoms. The summed E-state index contributed by atoms with van der Waals surface area (Å²) < 4.78 is 44.0. The Bertz CT molecular complexity index is 1310. The van der Waals surface area contributed by atoms with E-state index in [1.165, 1.54) is 18.1 Å². The van der Waals surface area contributed by atoms with Crippen LogP contribution in [0.5, 0.6) is 0 Å². The smallest absolute Gasteiger partial charge is 0.449 e. The lowest BCUT2D eigenvalue weighted by Gasteiger charge is -2.33. The Morgan fingerprint density at radius 3 is 2.18 bits per heavy atom. The molecule has 0 unspecified atom stereocenters. The van der Waals surface area contributed by atoms with Gasteiger partial charge in [-0.15, -0.1) is 0 Å². The molecule has 0 N–H and O–H groups in total. The van der Waals surface area contributed by atoms with Crippen molar-refractivity contribution in [3.63, 3.8) is 0 Å². The number of rotatable bonds is 7. The highest BCUT2D eigenvalue weighted by Gasteiger charge is 2.36. The van der Waals surface area contributed by atoms with Gasteiger partial charge in [0.25, 0.3) is 0 Å². The molecule has 7 heteroatoms. The third kappa shape index (κ3) is 6.54. The molecule has 2 amide bonds. The van der Waals surface area contributed by atoms with Gasteiger partial charge in [0.05, 0.1) is 6.54 Å². The summed E-state index contributed by atoms with van der Waals surface area (Å²) in [6, 6.07) is 26.3. The molecule has 4 nitrogen and oxygen atoms in total. The van der Waals surface area contributed by atoms with Crippen LogP contribution in [0.15, 0.2) is 109 Å². The average Bonchev–Trinajstić information content (AvgIpc) is 2.95. The van der Waals surface area contributed by atoms with Gasteiger partial charge in [0.15, 0.2) is 0 Å². The van der Waals surface area contributed by atoms with Gasteiger partial charge in [-0.2, -0.15) is 13.2 Å². The number of urea groups is 1. The van der Waals surface area contributed by atoms with E-state index in [4.69, 9.17) is 4.74 Å². The zero-order valence-electron chi connectivity index (χ0n) is 21.1. The van der Waals surface area contributed by atoms with E-state index in [0.717, 1.165) is 23.7 Å². The van der Waals surface area contributed by atoms with Gasteiger partial charge < -0.3 is 9.64 Å². The van der Waals surface area contributed by atoms with E-state index in [-0.39, 0.29) is 11.8 Å². The van der Waals surface area contributed by atoms with Gasteiger partial charge in [0.1, 0.15) is 5.76 Å². The van der Waals surface area contributed by atoms with Gasteiger partial charge in [-0.25, -0.2) is 4.79 Å². The van der Waals surface area contributed by atoms with Crippen LogP contribution >= 0.6 is 0 Å². The minimum Gasteiger partial charge on any atom is -0.453 e. The summed E-state index contributed by atoms with van der Waals surface area (Å²) >= 11 is 0. The Hall–Kier alpha value is -4.26. The molecule has 0 aromatic heterocycles. The standard InChI is InChI=1S/C31H29F3N2O2/c1-3-29(31(32,33)34)38-23(2)25-16-14-24(15-17-25)22-36(28-12-8-5-9-13-28)30(37)35-20-18-27(19-21-35)26-10-6-4-7-11-26/h3-18H,2,19-22H2,1H3/b29-3-. The number of benzene rings is 3. The predicted octanol–water partition coefficient (Wildman–Crippen LogP) is 8.06. The molecule has 0 radical (unpaired) electrons. The number of carbonyl (C=O) groups excluding carboxylic acids is 1. The van der Waals surface area contributed by atoms with Crippen LogP contribution in [0, 0.1) is 0 Å². The summed E-state index contributed by atoms with van der Waals surface area (Å²) in [5, 5.41) is 0. The highest BCUT2D eigenvalue weighted by Crippen LogP contribution is 2.31. The monoisotopic (exact) mass is 518 g/mol. The fourth-order valence-corrected chi connectivity index (χ4v) is 4.26. The van der Waals surface area contributed by atoms with Crippen molar-refractivity contribution >= 4 is 23.1 Å². The van der Waals surface area contributed by atoms with Crippen LogP contribution in [-0.4, -0.2) is 30.2 Å². The minimum absolute atomic E-state index is 0.104. The second-order valence-electron chi connectivity index (χ2n) is 8.87. The molecular formula is C31H29F3N2O2. The fourth-order valence-electron chi connectivity index (χ4n) is 4.26. The number of nitrogens with zero attached hydrogens (tertiary/aromatic N) is 2. The van der Waals surface area contributed by atoms with Crippen LogP contribution in [-0.2, 0) is 11.3 Å². The molecule has 0 fully saturated rings. The van der Waals surface area contributed by atoms with E-state index in [2.05, 4.69) is 24.8 Å². The maximum Gasteiger partial charge on any atom is 0.449 e. The molecule has 3 aromatic carbocycles. The van der Waals surface area contributed by atoms with E-state index < -0.39 is 11.9 Å². The molecule has 1 aliphatic heterocycles. The average molecular weight is 519 g/mol. The lowest BCUT2D eigenvalue weighted by molar-refractivity contribution is -0.120. The van der Waals surface area contributed by atoms with Gasteiger partial charge in [0.2, 0.25) is 5.76 Å². The molecule has 1 heterocycles. The zero-order valence-corrected chi connectivity index (χ0v) is 21.1. The normalized spacial score (nSPS) is 14.1. The third-order valence-corrected chi connectivity index (χ3v) is 6.31. The molecule has 0 aliphatic carbocycles. The molecule has 0 spiro atoms.